The largest absolute Gasteiger partial charge is 0.492 e. The van der Waals surface area contributed by atoms with E-state index in [9.17, 15) is 4.79 Å². The molecular formula is C38H55N5O3S2. The second kappa shape index (κ2) is 17.8. The van der Waals surface area contributed by atoms with E-state index >= 15 is 0 Å². The number of rotatable bonds is 17. The Balaban J connectivity index is 1.92. The van der Waals surface area contributed by atoms with Crippen molar-refractivity contribution in [3.05, 3.63) is 65.7 Å². The molecule has 0 bridgehead atoms. The Morgan fingerprint density at radius 3 is 2.23 bits per heavy atom. The van der Waals surface area contributed by atoms with E-state index in [0.717, 1.165) is 5.56 Å². The van der Waals surface area contributed by atoms with Crippen molar-refractivity contribution in [3.8, 4) is 18.1 Å². The van der Waals surface area contributed by atoms with Crippen LogP contribution < -0.4 is 16.2 Å². The van der Waals surface area contributed by atoms with Crippen molar-refractivity contribution in [2.75, 3.05) is 32.9 Å². The number of carbonyl (C=O) groups is 1. The quantitative estimate of drug-likeness (QED) is 0.0401. The van der Waals surface area contributed by atoms with Gasteiger partial charge < -0.3 is 25.8 Å². The van der Waals surface area contributed by atoms with E-state index < -0.39 is 10.2 Å². The topological polar surface area (TPSA) is 116 Å². The molecule has 1 atom stereocenters. The average molecular weight is 694 g/mol. The predicted octanol–water partition coefficient (Wildman–Crippen LogP) is 7.28. The number of carbonyl (C=O) groups excluding carboxylic acids is 1. The van der Waals surface area contributed by atoms with Gasteiger partial charge in [-0.2, -0.15) is 12.6 Å². The molecule has 48 heavy (non-hydrogen) atoms. The van der Waals surface area contributed by atoms with Crippen LogP contribution in [0, 0.1) is 23.2 Å². The van der Waals surface area contributed by atoms with Crippen LogP contribution in [0.25, 0.3) is 6.08 Å². The lowest BCUT2D eigenvalue weighted by molar-refractivity contribution is -0.133. The van der Waals surface area contributed by atoms with Crippen molar-refractivity contribution >= 4 is 48.0 Å². The number of nitrogens with zero attached hydrogens (tertiary/aromatic N) is 3. The van der Waals surface area contributed by atoms with E-state index in [2.05, 4.69) is 75.0 Å². The highest BCUT2D eigenvalue weighted by Crippen LogP contribution is 2.46. The molecule has 1 unspecified atom stereocenters. The summed E-state index contributed by atoms with van der Waals surface area (Å²) in [6.07, 6.45) is 10.0. The van der Waals surface area contributed by atoms with Crippen LogP contribution in [0.3, 0.4) is 0 Å². The summed E-state index contributed by atoms with van der Waals surface area (Å²) in [7, 11) is 0. The SMILES string of the molecule is C#CCN(C/C=C/c1ccccc1SC(C)(C)C(C)(C)C)C(=O)CC(C)(C)COCC(C)(S)COc1ccc(/C(N)=N/N=C(/C)N)cc1. The lowest BCUT2D eigenvalue weighted by Crippen LogP contribution is -2.37. The van der Waals surface area contributed by atoms with E-state index in [1.54, 1.807) is 36.1 Å². The third-order valence-electron chi connectivity index (χ3n) is 7.90. The Morgan fingerprint density at radius 2 is 1.62 bits per heavy atom. The van der Waals surface area contributed by atoms with Crippen LogP contribution in [0.5, 0.6) is 5.75 Å². The number of ether oxygens (including phenoxy) is 2. The first-order valence-electron chi connectivity index (χ1n) is 16.1. The van der Waals surface area contributed by atoms with Crippen LogP contribution in [0.4, 0.5) is 0 Å². The van der Waals surface area contributed by atoms with Crippen LogP contribution in [0.1, 0.15) is 79.9 Å². The Morgan fingerprint density at radius 1 is 0.979 bits per heavy atom. The molecule has 10 heteroatoms. The fraction of sp³-hybridized carbons (Fsp3) is 0.500. The summed E-state index contributed by atoms with van der Waals surface area (Å²) in [6, 6.07) is 15.6. The highest BCUT2D eigenvalue weighted by molar-refractivity contribution is 8.00. The second-order valence-electron chi connectivity index (χ2n) is 14.7. The molecule has 0 aliphatic heterocycles. The van der Waals surface area contributed by atoms with E-state index in [0.29, 0.717) is 49.9 Å². The van der Waals surface area contributed by atoms with Gasteiger partial charge in [0.1, 0.15) is 18.2 Å². The number of amidine groups is 2. The van der Waals surface area contributed by atoms with Crippen molar-refractivity contribution in [3.63, 3.8) is 0 Å². The maximum Gasteiger partial charge on any atom is 0.224 e. The summed E-state index contributed by atoms with van der Waals surface area (Å²) in [5.41, 5.74) is 13.0. The second-order valence-corrected chi connectivity index (χ2v) is 17.4. The van der Waals surface area contributed by atoms with Gasteiger partial charge in [0, 0.05) is 28.2 Å². The summed E-state index contributed by atoms with van der Waals surface area (Å²) >= 11 is 6.64. The lowest BCUT2D eigenvalue weighted by Gasteiger charge is -2.38. The Labute approximate surface area is 298 Å². The molecule has 8 nitrogen and oxygen atoms in total. The first-order valence-corrected chi connectivity index (χ1v) is 17.3. The average Bonchev–Trinajstić information content (AvgIpc) is 2.98. The Hall–Kier alpha value is -3.39. The molecule has 0 fully saturated rings. The van der Waals surface area contributed by atoms with Crippen LogP contribution in [-0.2, 0) is 9.53 Å². The predicted molar refractivity (Wildman–Crippen MR) is 207 cm³/mol. The third kappa shape index (κ3) is 14.0. The van der Waals surface area contributed by atoms with E-state index in [1.807, 2.05) is 44.7 Å². The first kappa shape index (κ1) is 40.8. The van der Waals surface area contributed by atoms with Gasteiger partial charge in [-0.25, -0.2) is 0 Å². The minimum atomic E-state index is -0.566. The van der Waals surface area contributed by atoms with Crippen LogP contribution in [-0.4, -0.2) is 64.9 Å². The number of hydrogen-bond acceptors (Lipinski definition) is 7. The summed E-state index contributed by atoms with van der Waals surface area (Å²) in [5.74, 6) is 3.87. The molecule has 4 N–H and O–H groups in total. The number of amides is 1. The first-order chi connectivity index (χ1) is 22.2. The van der Waals surface area contributed by atoms with E-state index in [-0.39, 0.29) is 28.4 Å². The summed E-state index contributed by atoms with van der Waals surface area (Å²) < 4.78 is 11.5. The Bertz CT molecular complexity index is 1480. The minimum absolute atomic E-state index is 0.0150. The number of nitrogens with two attached hydrogens (primary N) is 2. The van der Waals surface area contributed by atoms with Gasteiger partial charge in [0.15, 0.2) is 5.84 Å². The molecule has 2 aromatic carbocycles. The highest BCUT2D eigenvalue weighted by atomic mass is 32.2. The molecule has 2 rings (SSSR count). The van der Waals surface area contributed by atoms with Crippen molar-refractivity contribution in [2.45, 2.75) is 83.1 Å². The zero-order valence-corrected chi connectivity index (χ0v) is 31.9. The fourth-order valence-corrected chi connectivity index (χ4v) is 5.54. The van der Waals surface area contributed by atoms with Gasteiger partial charge in [0.25, 0.3) is 0 Å². The zero-order chi connectivity index (χ0) is 36.2. The van der Waals surface area contributed by atoms with E-state index in [4.69, 9.17) is 40.0 Å². The molecule has 2 aromatic rings. The molecule has 0 aliphatic rings. The smallest absolute Gasteiger partial charge is 0.224 e. The fourth-order valence-electron chi connectivity index (χ4n) is 4.12. The maximum absolute atomic E-state index is 13.4. The number of thiol groups is 1. The van der Waals surface area contributed by atoms with Crippen molar-refractivity contribution in [2.24, 2.45) is 32.5 Å². The summed E-state index contributed by atoms with van der Waals surface area (Å²) in [4.78, 5) is 16.3. The summed E-state index contributed by atoms with van der Waals surface area (Å²) in [5, 5.41) is 7.67. The standard InChI is InChI=1S/C38H55N5O3S2/c1-11-22-43(23-14-16-29-15-12-13-17-32(29)48-37(8,9)35(3,4)5)33(44)24-36(6,7)25-45-26-38(10,47)27-46-31-20-18-30(19-21-31)34(40)42-41-28(2)39/h1,12-21,47H,22-27H2,2-10H3,(H2,39,41)(H2,40,42)/b16-14+. The molecule has 0 aromatic heterocycles. The molecule has 262 valence electrons. The van der Waals surface area contributed by atoms with Gasteiger partial charge in [-0.05, 0) is 74.4 Å². The molecule has 0 saturated carbocycles. The lowest BCUT2D eigenvalue weighted by atomic mass is 9.83. The molecule has 0 saturated heterocycles. The van der Waals surface area contributed by atoms with Crippen molar-refractivity contribution < 1.29 is 14.3 Å². The van der Waals surface area contributed by atoms with Gasteiger partial charge >= 0.3 is 0 Å². The molecular weight excluding hydrogens is 639 g/mol. The van der Waals surface area contributed by atoms with Crippen LogP contribution >= 0.6 is 24.4 Å². The van der Waals surface area contributed by atoms with Crippen molar-refractivity contribution in [1.29, 1.82) is 0 Å². The number of terminal acetylenes is 1. The molecule has 0 radical (unpaired) electrons. The number of hydrogen-bond donors (Lipinski definition) is 3. The normalized spacial score (nSPS) is 14.4. The minimum Gasteiger partial charge on any atom is -0.492 e. The molecule has 0 spiro atoms. The molecule has 0 heterocycles. The van der Waals surface area contributed by atoms with Crippen LogP contribution in [0.2, 0.25) is 0 Å². The number of thioether (sulfide) groups is 1. The molecule has 0 aliphatic carbocycles. The highest BCUT2D eigenvalue weighted by Gasteiger charge is 2.34. The Kier molecular flexibility index (Phi) is 15.2. The van der Waals surface area contributed by atoms with Crippen LogP contribution in [0.15, 0.2) is 69.7 Å². The molecule has 1 amide bonds. The van der Waals surface area contributed by atoms with Gasteiger partial charge in [-0.1, -0.05) is 70.9 Å². The zero-order valence-electron chi connectivity index (χ0n) is 30.2. The van der Waals surface area contributed by atoms with Gasteiger partial charge in [-0.3, -0.25) is 4.79 Å². The monoisotopic (exact) mass is 693 g/mol. The summed E-state index contributed by atoms with van der Waals surface area (Å²) in [6.45, 7) is 20.6. The van der Waals surface area contributed by atoms with Gasteiger partial charge in [0.05, 0.1) is 24.5 Å². The van der Waals surface area contributed by atoms with Gasteiger partial charge in [0.2, 0.25) is 5.91 Å². The van der Waals surface area contributed by atoms with Crippen molar-refractivity contribution in [1.82, 2.24) is 4.90 Å². The maximum atomic E-state index is 13.4. The van der Waals surface area contributed by atoms with E-state index in [1.165, 1.54) is 4.90 Å². The number of benzene rings is 2. The van der Waals surface area contributed by atoms with Gasteiger partial charge in [-0.15, -0.1) is 28.4 Å². The third-order valence-corrected chi connectivity index (χ3v) is 9.87.